The summed E-state index contributed by atoms with van der Waals surface area (Å²) >= 11 is 0. The Morgan fingerprint density at radius 3 is 1.52 bits per heavy atom. The van der Waals surface area contributed by atoms with Gasteiger partial charge in [-0.25, -0.2) is 0 Å². The molecule has 180 valence electrons. The van der Waals surface area contributed by atoms with E-state index >= 15 is 0 Å². The summed E-state index contributed by atoms with van der Waals surface area (Å²) in [7, 11) is 0. The maximum atomic E-state index is 10.5. The van der Waals surface area contributed by atoms with Gasteiger partial charge < -0.3 is 32.6 Å². The van der Waals surface area contributed by atoms with Crippen LogP contribution in [0.4, 0.5) is 5.69 Å². The van der Waals surface area contributed by atoms with Crippen LogP contribution in [0.2, 0.25) is 0 Å². The van der Waals surface area contributed by atoms with E-state index < -0.39 is 0 Å². The van der Waals surface area contributed by atoms with Crippen molar-refractivity contribution in [3.63, 3.8) is 0 Å². The van der Waals surface area contributed by atoms with E-state index in [1.54, 1.807) is 0 Å². The van der Waals surface area contributed by atoms with E-state index in [1.807, 2.05) is 23.1 Å². The van der Waals surface area contributed by atoms with Crippen LogP contribution in [0.25, 0.3) is 5.41 Å². The zero-order chi connectivity index (χ0) is 21.5. The number of nitrogens with zero attached hydrogens (tertiary/aromatic N) is 2. The van der Waals surface area contributed by atoms with Crippen LogP contribution in [0.3, 0.4) is 0 Å². The number of anilines is 1. The summed E-state index contributed by atoms with van der Waals surface area (Å²) in [5, 5.41) is 10.5. The molecule has 2 aliphatic rings. The molecule has 0 radical (unpaired) electrons. The standard InChI is InChI=1S/C17H17N2.C10H20.3CH3.Ti/c1-11-8-12(2)16(13(3)9-11)19-10-14-6-4-5-7-15(14)17(19)18;1-6-7(2)9(4)10(5)8(6)3;;;;/h4-9H,10H2,1-3H3;6-10H,1-5H3;3*1H3;/q-1;;3*-1;+4. The predicted octanol–water partition coefficient (Wildman–Crippen LogP) is 8.48. The van der Waals surface area contributed by atoms with E-state index in [9.17, 15) is 5.41 Å². The fourth-order valence-electron chi connectivity index (χ4n) is 5.44. The van der Waals surface area contributed by atoms with E-state index in [4.69, 9.17) is 0 Å². The van der Waals surface area contributed by atoms with Crippen molar-refractivity contribution in [1.29, 1.82) is 0 Å². The third-order valence-corrected chi connectivity index (χ3v) is 7.89. The van der Waals surface area contributed by atoms with E-state index in [0.29, 0.717) is 5.84 Å². The fraction of sp³-hybridized carbons (Fsp3) is 0.467. The smallest absolute Gasteiger partial charge is 0.464 e. The van der Waals surface area contributed by atoms with Crippen molar-refractivity contribution in [3.8, 4) is 0 Å². The summed E-state index contributed by atoms with van der Waals surface area (Å²) < 4.78 is 0. The molecule has 0 spiro atoms. The Hall–Kier alpha value is -1.38. The quantitative estimate of drug-likeness (QED) is 0.296. The molecule has 0 unspecified atom stereocenters. The second-order valence-corrected chi connectivity index (χ2v) is 9.61. The third kappa shape index (κ3) is 6.61. The molecule has 1 heterocycles. The van der Waals surface area contributed by atoms with Crippen molar-refractivity contribution in [2.24, 2.45) is 29.6 Å². The monoisotopic (exact) mass is 482 g/mol. The number of fused-ring (bicyclic) bond motifs is 1. The van der Waals surface area contributed by atoms with E-state index in [-0.39, 0.29) is 44.0 Å². The van der Waals surface area contributed by atoms with Crippen LogP contribution < -0.4 is 4.90 Å². The number of amidine groups is 1. The minimum absolute atomic E-state index is 0. The van der Waals surface area contributed by atoms with Gasteiger partial charge in [-0.15, -0.1) is 0 Å². The Labute approximate surface area is 221 Å². The van der Waals surface area contributed by atoms with E-state index in [0.717, 1.165) is 47.4 Å². The minimum Gasteiger partial charge on any atom is -0.464 e. The minimum atomic E-state index is 0. The average Bonchev–Trinajstić information content (AvgIpc) is 3.08. The molecule has 2 aromatic rings. The summed E-state index contributed by atoms with van der Waals surface area (Å²) in [4.78, 5) is 2.01. The van der Waals surface area contributed by atoms with Crippen molar-refractivity contribution < 1.29 is 21.7 Å². The summed E-state index contributed by atoms with van der Waals surface area (Å²) in [5.74, 6) is 5.04. The molecule has 0 amide bonds. The SMILES string of the molecule is CC1C(C)C(C)C(C)C1C.Cc1cc(C)c(N2Cc3ccccc3C2=[N-])c(C)c1.[CH3-].[CH3-].[CH3-].[Ti+4]. The number of benzene rings is 2. The molecule has 0 aromatic heterocycles. The molecule has 0 N–H and O–H groups in total. The van der Waals surface area contributed by atoms with Gasteiger partial charge in [0.2, 0.25) is 0 Å². The van der Waals surface area contributed by atoms with Crippen LogP contribution in [0, 0.1) is 72.6 Å². The molecule has 3 heteroatoms. The largest absolute Gasteiger partial charge is 4.00 e. The Morgan fingerprint density at radius 1 is 0.727 bits per heavy atom. The Balaban J connectivity index is 0. The first-order valence-corrected chi connectivity index (χ1v) is 11.1. The van der Waals surface area contributed by atoms with Gasteiger partial charge in [-0.05, 0) is 84.8 Å². The Kier molecular flexibility index (Phi) is 13.8. The molecular formula is C30H46N2Ti. The topological polar surface area (TPSA) is 25.5 Å². The van der Waals surface area contributed by atoms with Crippen LogP contribution in [-0.4, -0.2) is 5.84 Å². The number of rotatable bonds is 1. The van der Waals surface area contributed by atoms with Gasteiger partial charge in [0.1, 0.15) is 0 Å². The maximum absolute atomic E-state index is 10.5. The summed E-state index contributed by atoms with van der Waals surface area (Å²) in [6, 6.07) is 12.4. The van der Waals surface area contributed by atoms with Gasteiger partial charge in [-0.1, -0.05) is 82.4 Å². The third-order valence-electron chi connectivity index (χ3n) is 7.89. The van der Waals surface area contributed by atoms with Gasteiger partial charge >= 0.3 is 21.7 Å². The average molecular weight is 483 g/mol. The van der Waals surface area contributed by atoms with Crippen molar-refractivity contribution in [2.75, 3.05) is 4.90 Å². The van der Waals surface area contributed by atoms with Crippen LogP contribution in [0.15, 0.2) is 36.4 Å². The van der Waals surface area contributed by atoms with E-state index in [1.165, 1.54) is 22.3 Å². The van der Waals surface area contributed by atoms with Crippen LogP contribution in [-0.2, 0) is 28.3 Å². The van der Waals surface area contributed by atoms with Gasteiger partial charge in [0, 0.05) is 0 Å². The molecule has 2 nitrogen and oxygen atoms in total. The van der Waals surface area contributed by atoms with Crippen LogP contribution in [0.5, 0.6) is 0 Å². The molecule has 0 bridgehead atoms. The Bertz CT molecular complexity index is 836. The van der Waals surface area contributed by atoms with Gasteiger partial charge in [0.05, 0.1) is 0 Å². The van der Waals surface area contributed by atoms with Gasteiger partial charge in [-0.2, -0.15) is 0 Å². The van der Waals surface area contributed by atoms with Gasteiger partial charge in [0.15, 0.2) is 0 Å². The predicted molar refractivity (Wildman–Crippen MR) is 146 cm³/mol. The normalized spacial score (nSPS) is 24.8. The summed E-state index contributed by atoms with van der Waals surface area (Å²) in [6.07, 6.45) is 0. The first kappa shape index (κ1) is 33.8. The van der Waals surface area contributed by atoms with Crippen LogP contribution >= 0.6 is 0 Å². The van der Waals surface area contributed by atoms with Gasteiger partial charge in [0.25, 0.3) is 0 Å². The second kappa shape index (κ2) is 13.5. The molecule has 4 rings (SSSR count). The van der Waals surface area contributed by atoms with Gasteiger partial charge in [-0.3, -0.25) is 0 Å². The zero-order valence-electron chi connectivity index (χ0n) is 23.0. The van der Waals surface area contributed by atoms with Crippen molar-refractivity contribution in [3.05, 3.63) is 91.9 Å². The van der Waals surface area contributed by atoms with Crippen molar-refractivity contribution in [1.82, 2.24) is 0 Å². The molecule has 1 aliphatic heterocycles. The number of aryl methyl sites for hydroxylation is 3. The van der Waals surface area contributed by atoms with Crippen molar-refractivity contribution >= 4 is 11.5 Å². The number of hydrogen-bond acceptors (Lipinski definition) is 0. The molecule has 33 heavy (non-hydrogen) atoms. The fourth-order valence-corrected chi connectivity index (χ4v) is 5.44. The molecule has 0 saturated heterocycles. The molecular weight excluding hydrogens is 436 g/mol. The first-order chi connectivity index (χ1) is 13.6. The summed E-state index contributed by atoms with van der Waals surface area (Å²) in [6.45, 7) is 19.0. The second-order valence-electron chi connectivity index (χ2n) is 9.61. The molecule has 1 aliphatic carbocycles. The Morgan fingerprint density at radius 2 is 1.12 bits per heavy atom. The zero-order valence-corrected chi connectivity index (χ0v) is 24.5. The van der Waals surface area contributed by atoms with Crippen LogP contribution in [0.1, 0.15) is 62.4 Å². The van der Waals surface area contributed by atoms with Crippen molar-refractivity contribution in [2.45, 2.75) is 61.9 Å². The summed E-state index contributed by atoms with van der Waals surface area (Å²) in [5.41, 5.74) is 6.92. The maximum Gasteiger partial charge on any atom is 4.00 e. The first-order valence-electron chi connectivity index (χ1n) is 11.1. The molecule has 2 aromatic carbocycles. The molecule has 1 fully saturated rings. The number of hydrogen-bond donors (Lipinski definition) is 0. The van der Waals surface area contributed by atoms with E-state index in [2.05, 4.69) is 73.6 Å². The molecule has 0 atom stereocenters. The molecule has 1 saturated carbocycles.